The number of aliphatic carboxylic acids is 1. The van der Waals surface area contributed by atoms with E-state index in [9.17, 15) is 4.79 Å². The van der Waals surface area contributed by atoms with E-state index < -0.39 is 12.1 Å². The molecule has 1 unspecified atom stereocenters. The molecule has 0 aliphatic rings. The maximum absolute atomic E-state index is 10.5. The molecule has 3 nitrogen and oxygen atoms in total. The van der Waals surface area contributed by atoms with E-state index in [0.29, 0.717) is 6.42 Å². The van der Waals surface area contributed by atoms with Gasteiger partial charge in [0.05, 0.1) is 0 Å². The lowest BCUT2D eigenvalue weighted by Crippen LogP contribution is -2.21. The number of hydrogen-bond acceptors (Lipinski definition) is 2. The van der Waals surface area contributed by atoms with E-state index >= 15 is 0 Å². The molecule has 0 bridgehead atoms. The summed E-state index contributed by atoms with van der Waals surface area (Å²) in [5.74, 6) is -0.877. The van der Waals surface area contributed by atoms with Crippen LogP contribution in [-0.2, 0) is 9.53 Å². The average molecular weight is 172 g/mol. The molecule has 0 saturated heterocycles. The van der Waals surface area contributed by atoms with Crippen molar-refractivity contribution in [2.45, 2.75) is 32.3 Å². The van der Waals surface area contributed by atoms with Gasteiger partial charge in [0, 0.05) is 7.11 Å². The minimum atomic E-state index is -0.877. The molecule has 0 amide bonds. The van der Waals surface area contributed by atoms with Crippen LogP contribution < -0.4 is 0 Å². The van der Waals surface area contributed by atoms with E-state index in [1.54, 1.807) is 0 Å². The first kappa shape index (κ1) is 11.2. The Morgan fingerprint density at radius 1 is 1.67 bits per heavy atom. The van der Waals surface area contributed by atoms with Gasteiger partial charge in [0.2, 0.25) is 0 Å². The Morgan fingerprint density at radius 3 is 2.75 bits per heavy atom. The van der Waals surface area contributed by atoms with Gasteiger partial charge in [-0.3, -0.25) is 0 Å². The van der Waals surface area contributed by atoms with Gasteiger partial charge in [-0.15, -0.1) is 0 Å². The van der Waals surface area contributed by atoms with Crippen LogP contribution in [0.5, 0.6) is 0 Å². The Morgan fingerprint density at radius 2 is 2.33 bits per heavy atom. The predicted molar refractivity (Wildman–Crippen MR) is 47.1 cm³/mol. The summed E-state index contributed by atoms with van der Waals surface area (Å²) in [7, 11) is 1.43. The fourth-order valence-electron chi connectivity index (χ4n) is 0.930. The molecule has 70 valence electrons. The average Bonchev–Trinajstić information content (AvgIpc) is 2.04. The van der Waals surface area contributed by atoms with Crippen molar-refractivity contribution in [3.63, 3.8) is 0 Å². The zero-order valence-electron chi connectivity index (χ0n) is 7.62. The lowest BCUT2D eigenvalue weighted by atomic mass is 10.1. The van der Waals surface area contributed by atoms with Crippen LogP contribution in [0.2, 0.25) is 0 Å². The standard InChI is InChI=1S/C9H16O3/c1-3-4-5-6-7-8(12-2)9(10)11/h3-4,8H,5-7H2,1-2H3,(H,10,11). The Kier molecular flexibility index (Phi) is 6.38. The van der Waals surface area contributed by atoms with Crippen LogP contribution in [-0.4, -0.2) is 24.3 Å². The third kappa shape index (κ3) is 4.91. The fourth-order valence-corrected chi connectivity index (χ4v) is 0.930. The highest BCUT2D eigenvalue weighted by atomic mass is 16.5. The smallest absolute Gasteiger partial charge is 0.332 e. The predicted octanol–water partition coefficient (Wildman–Crippen LogP) is 1.83. The van der Waals surface area contributed by atoms with Gasteiger partial charge in [-0.1, -0.05) is 12.2 Å². The van der Waals surface area contributed by atoms with Crippen molar-refractivity contribution in [3.05, 3.63) is 12.2 Å². The van der Waals surface area contributed by atoms with Crippen molar-refractivity contribution in [3.8, 4) is 0 Å². The zero-order chi connectivity index (χ0) is 9.40. The molecule has 0 aromatic rings. The number of hydrogen-bond donors (Lipinski definition) is 1. The Bertz CT molecular complexity index is 152. The summed E-state index contributed by atoms with van der Waals surface area (Å²) >= 11 is 0. The van der Waals surface area contributed by atoms with Crippen molar-refractivity contribution in [1.29, 1.82) is 0 Å². The van der Waals surface area contributed by atoms with Crippen molar-refractivity contribution < 1.29 is 14.6 Å². The van der Waals surface area contributed by atoms with Crippen molar-refractivity contribution in [2.24, 2.45) is 0 Å². The molecule has 12 heavy (non-hydrogen) atoms. The first-order valence-corrected chi connectivity index (χ1v) is 4.09. The highest BCUT2D eigenvalue weighted by molar-refractivity contribution is 5.72. The number of ether oxygens (including phenoxy) is 1. The zero-order valence-corrected chi connectivity index (χ0v) is 7.62. The minimum Gasteiger partial charge on any atom is -0.479 e. The molecule has 0 aliphatic carbocycles. The van der Waals surface area contributed by atoms with Crippen LogP contribution in [0.25, 0.3) is 0 Å². The Hall–Kier alpha value is -0.830. The molecule has 0 radical (unpaired) electrons. The molecular weight excluding hydrogens is 156 g/mol. The van der Waals surface area contributed by atoms with Gasteiger partial charge >= 0.3 is 5.97 Å². The minimum absolute atomic E-state index is 0.580. The molecule has 0 saturated carbocycles. The second kappa shape index (κ2) is 6.85. The maximum Gasteiger partial charge on any atom is 0.332 e. The SMILES string of the molecule is CC=CCCCC(OC)C(=O)O. The summed E-state index contributed by atoms with van der Waals surface area (Å²) in [6.45, 7) is 1.95. The van der Waals surface area contributed by atoms with Gasteiger partial charge in [0.1, 0.15) is 0 Å². The summed E-state index contributed by atoms with van der Waals surface area (Å²) < 4.78 is 4.77. The molecule has 0 aliphatic heterocycles. The summed E-state index contributed by atoms with van der Waals surface area (Å²) in [5.41, 5.74) is 0. The lowest BCUT2D eigenvalue weighted by Gasteiger charge is -2.08. The van der Waals surface area contributed by atoms with Crippen LogP contribution in [0, 0.1) is 0 Å². The van der Waals surface area contributed by atoms with Gasteiger partial charge in [-0.25, -0.2) is 4.79 Å². The molecule has 0 spiro atoms. The fraction of sp³-hybridized carbons (Fsp3) is 0.667. The summed E-state index contributed by atoms with van der Waals surface area (Å²) in [6, 6.07) is 0. The van der Waals surface area contributed by atoms with E-state index in [4.69, 9.17) is 9.84 Å². The van der Waals surface area contributed by atoms with Gasteiger partial charge in [-0.2, -0.15) is 0 Å². The molecule has 1 N–H and O–H groups in total. The molecule has 1 atom stereocenters. The van der Waals surface area contributed by atoms with E-state index in [0.717, 1.165) is 12.8 Å². The third-order valence-electron chi connectivity index (χ3n) is 1.63. The number of carboxylic acid groups (broad SMARTS) is 1. The van der Waals surface area contributed by atoms with Gasteiger partial charge < -0.3 is 9.84 Å². The number of allylic oxidation sites excluding steroid dienone is 2. The molecule has 3 heteroatoms. The lowest BCUT2D eigenvalue weighted by molar-refractivity contribution is -0.148. The molecule has 0 aromatic heterocycles. The number of unbranched alkanes of at least 4 members (excludes halogenated alkanes) is 1. The summed E-state index contributed by atoms with van der Waals surface area (Å²) in [4.78, 5) is 10.5. The van der Waals surface area contributed by atoms with Gasteiger partial charge in [0.25, 0.3) is 0 Å². The molecule has 0 aromatic carbocycles. The Balaban J connectivity index is 3.51. The normalized spacial score (nSPS) is 13.5. The third-order valence-corrected chi connectivity index (χ3v) is 1.63. The monoisotopic (exact) mass is 172 g/mol. The number of rotatable bonds is 6. The maximum atomic E-state index is 10.5. The van der Waals surface area contributed by atoms with Crippen LogP contribution >= 0.6 is 0 Å². The van der Waals surface area contributed by atoms with Gasteiger partial charge in [-0.05, 0) is 26.2 Å². The van der Waals surface area contributed by atoms with Crippen LogP contribution in [0.4, 0.5) is 0 Å². The number of carboxylic acids is 1. The molecule has 0 rings (SSSR count). The van der Waals surface area contributed by atoms with Crippen LogP contribution in [0.1, 0.15) is 26.2 Å². The second-order valence-corrected chi connectivity index (χ2v) is 2.56. The Labute approximate surface area is 73.0 Å². The van der Waals surface area contributed by atoms with Crippen molar-refractivity contribution in [2.75, 3.05) is 7.11 Å². The van der Waals surface area contributed by atoms with E-state index in [1.807, 2.05) is 19.1 Å². The van der Waals surface area contributed by atoms with Crippen LogP contribution in [0.15, 0.2) is 12.2 Å². The molecule has 0 heterocycles. The van der Waals surface area contributed by atoms with E-state index in [2.05, 4.69) is 0 Å². The largest absolute Gasteiger partial charge is 0.479 e. The first-order valence-electron chi connectivity index (χ1n) is 4.09. The van der Waals surface area contributed by atoms with Crippen molar-refractivity contribution >= 4 is 5.97 Å². The van der Waals surface area contributed by atoms with E-state index in [-0.39, 0.29) is 0 Å². The van der Waals surface area contributed by atoms with Gasteiger partial charge in [0.15, 0.2) is 6.10 Å². The van der Waals surface area contributed by atoms with Crippen molar-refractivity contribution in [1.82, 2.24) is 0 Å². The topological polar surface area (TPSA) is 46.5 Å². The summed E-state index contributed by atoms with van der Waals surface area (Å²) in [6.07, 6.45) is 5.70. The summed E-state index contributed by atoms with van der Waals surface area (Å²) in [5, 5.41) is 8.59. The number of methoxy groups -OCH3 is 1. The highest BCUT2D eigenvalue weighted by Gasteiger charge is 2.14. The number of carbonyl (C=O) groups is 1. The molecule has 0 fully saturated rings. The molecular formula is C9H16O3. The quantitative estimate of drug-likeness (QED) is 0.491. The first-order chi connectivity index (χ1) is 5.72. The highest BCUT2D eigenvalue weighted by Crippen LogP contribution is 2.04. The second-order valence-electron chi connectivity index (χ2n) is 2.56. The van der Waals surface area contributed by atoms with Crippen LogP contribution in [0.3, 0.4) is 0 Å². The van der Waals surface area contributed by atoms with E-state index in [1.165, 1.54) is 7.11 Å².